The van der Waals surface area contributed by atoms with Crippen LogP contribution in [0.4, 0.5) is 5.69 Å². The standard InChI is InChI=1S/C17H19ClN2O/c1-12(13-6-3-2-4-7-13)10-11-20-15-9-5-8-14(18)16(15)17(19)21/h2-9,12,20H,10-11H2,1H3,(H2,19,21). The van der Waals surface area contributed by atoms with Gasteiger partial charge in [-0.15, -0.1) is 0 Å². The van der Waals surface area contributed by atoms with E-state index in [9.17, 15) is 4.79 Å². The normalized spacial score (nSPS) is 11.9. The van der Waals surface area contributed by atoms with E-state index in [2.05, 4.69) is 24.4 Å². The van der Waals surface area contributed by atoms with Gasteiger partial charge in [0, 0.05) is 12.2 Å². The number of rotatable bonds is 6. The van der Waals surface area contributed by atoms with Crippen LogP contribution in [-0.2, 0) is 0 Å². The fourth-order valence-electron chi connectivity index (χ4n) is 2.29. The monoisotopic (exact) mass is 302 g/mol. The summed E-state index contributed by atoms with van der Waals surface area (Å²) in [5.74, 6) is -0.0749. The second-order valence-corrected chi connectivity index (χ2v) is 5.46. The minimum atomic E-state index is -0.515. The molecule has 1 atom stereocenters. The summed E-state index contributed by atoms with van der Waals surface area (Å²) in [6.45, 7) is 2.93. The Bertz CT molecular complexity index is 613. The molecule has 0 fully saturated rings. The van der Waals surface area contributed by atoms with Crippen LogP contribution >= 0.6 is 11.6 Å². The summed E-state index contributed by atoms with van der Waals surface area (Å²) in [6.07, 6.45) is 0.953. The number of hydrogen-bond acceptors (Lipinski definition) is 2. The van der Waals surface area contributed by atoms with Gasteiger partial charge in [-0.1, -0.05) is 54.9 Å². The third-order valence-corrected chi connectivity index (χ3v) is 3.84. The second kappa shape index (κ2) is 7.14. The molecule has 4 heteroatoms. The topological polar surface area (TPSA) is 55.1 Å². The zero-order valence-electron chi connectivity index (χ0n) is 12.0. The third kappa shape index (κ3) is 3.99. The van der Waals surface area contributed by atoms with Crippen molar-refractivity contribution in [2.45, 2.75) is 19.3 Å². The quantitative estimate of drug-likeness (QED) is 0.846. The molecule has 0 heterocycles. The van der Waals surface area contributed by atoms with Crippen LogP contribution in [0.3, 0.4) is 0 Å². The average molecular weight is 303 g/mol. The smallest absolute Gasteiger partial charge is 0.252 e. The van der Waals surface area contributed by atoms with Crippen LogP contribution in [-0.4, -0.2) is 12.5 Å². The molecule has 2 rings (SSSR count). The summed E-state index contributed by atoms with van der Waals surface area (Å²) in [5.41, 5.74) is 7.72. The number of carbonyl (C=O) groups is 1. The zero-order chi connectivity index (χ0) is 15.2. The number of carbonyl (C=O) groups excluding carboxylic acids is 1. The number of nitrogens with one attached hydrogen (secondary N) is 1. The van der Waals surface area contributed by atoms with E-state index in [1.165, 1.54) is 5.56 Å². The Morgan fingerprint density at radius 2 is 1.90 bits per heavy atom. The number of hydrogen-bond donors (Lipinski definition) is 2. The number of anilines is 1. The second-order valence-electron chi connectivity index (χ2n) is 5.05. The summed E-state index contributed by atoms with van der Waals surface area (Å²) in [4.78, 5) is 11.5. The molecule has 0 spiro atoms. The van der Waals surface area contributed by atoms with Crippen molar-refractivity contribution in [3.63, 3.8) is 0 Å². The molecule has 0 bridgehead atoms. The van der Waals surface area contributed by atoms with Crippen molar-refractivity contribution in [2.75, 3.05) is 11.9 Å². The van der Waals surface area contributed by atoms with Gasteiger partial charge >= 0.3 is 0 Å². The van der Waals surface area contributed by atoms with E-state index >= 15 is 0 Å². The Morgan fingerprint density at radius 1 is 1.19 bits per heavy atom. The van der Waals surface area contributed by atoms with Crippen molar-refractivity contribution in [3.8, 4) is 0 Å². The van der Waals surface area contributed by atoms with Gasteiger partial charge in [0.1, 0.15) is 0 Å². The van der Waals surface area contributed by atoms with Crippen molar-refractivity contribution in [3.05, 3.63) is 64.7 Å². The number of halogens is 1. The van der Waals surface area contributed by atoms with E-state index in [4.69, 9.17) is 17.3 Å². The molecule has 21 heavy (non-hydrogen) atoms. The lowest BCUT2D eigenvalue weighted by atomic mass is 9.98. The maximum Gasteiger partial charge on any atom is 0.252 e. The van der Waals surface area contributed by atoms with Crippen LogP contribution in [0.15, 0.2) is 48.5 Å². The molecule has 0 saturated carbocycles. The first kappa shape index (κ1) is 15.4. The van der Waals surface area contributed by atoms with E-state index in [-0.39, 0.29) is 0 Å². The van der Waals surface area contributed by atoms with Crippen molar-refractivity contribution in [1.82, 2.24) is 0 Å². The highest BCUT2D eigenvalue weighted by Crippen LogP contribution is 2.24. The maximum atomic E-state index is 11.5. The summed E-state index contributed by atoms with van der Waals surface area (Å²) in [6, 6.07) is 15.6. The van der Waals surface area contributed by atoms with Crippen molar-refractivity contribution in [1.29, 1.82) is 0 Å². The lowest BCUT2D eigenvalue weighted by molar-refractivity contribution is 0.100. The molecule has 1 unspecified atom stereocenters. The van der Waals surface area contributed by atoms with Gasteiger partial charge < -0.3 is 11.1 Å². The summed E-state index contributed by atoms with van der Waals surface area (Å²) in [5, 5.41) is 3.63. The van der Waals surface area contributed by atoms with Gasteiger partial charge in [-0.2, -0.15) is 0 Å². The highest BCUT2D eigenvalue weighted by molar-refractivity contribution is 6.34. The van der Waals surface area contributed by atoms with E-state index in [1.807, 2.05) is 24.3 Å². The van der Waals surface area contributed by atoms with Crippen molar-refractivity contribution >= 4 is 23.2 Å². The van der Waals surface area contributed by atoms with Crippen LogP contribution in [0.5, 0.6) is 0 Å². The van der Waals surface area contributed by atoms with E-state index in [0.717, 1.165) is 13.0 Å². The molecule has 0 aromatic heterocycles. The SMILES string of the molecule is CC(CCNc1cccc(Cl)c1C(N)=O)c1ccccc1. The molecule has 0 aliphatic rings. The van der Waals surface area contributed by atoms with Crippen molar-refractivity contribution < 1.29 is 4.79 Å². The average Bonchev–Trinajstić information content (AvgIpc) is 2.47. The van der Waals surface area contributed by atoms with Crippen LogP contribution in [0.1, 0.15) is 35.2 Å². The Hall–Kier alpha value is -2.00. The van der Waals surface area contributed by atoms with Crippen LogP contribution in [0, 0.1) is 0 Å². The number of benzene rings is 2. The molecule has 0 radical (unpaired) electrons. The van der Waals surface area contributed by atoms with Gasteiger partial charge in [-0.05, 0) is 30.0 Å². The molecule has 2 aromatic rings. The van der Waals surface area contributed by atoms with E-state index in [0.29, 0.717) is 22.2 Å². The van der Waals surface area contributed by atoms with Crippen LogP contribution in [0.2, 0.25) is 5.02 Å². The molecule has 1 amide bonds. The molecule has 3 nitrogen and oxygen atoms in total. The minimum Gasteiger partial charge on any atom is -0.384 e. The van der Waals surface area contributed by atoms with E-state index < -0.39 is 5.91 Å². The number of nitrogens with two attached hydrogens (primary N) is 1. The molecule has 0 aliphatic heterocycles. The molecular formula is C17H19ClN2O. The number of primary amides is 1. The summed E-state index contributed by atoms with van der Waals surface area (Å²) < 4.78 is 0. The van der Waals surface area contributed by atoms with Crippen molar-refractivity contribution in [2.24, 2.45) is 5.73 Å². The van der Waals surface area contributed by atoms with Gasteiger partial charge in [0.25, 0.3) is 5.91 Å². The highest BCUT2D eigenvalue weighted by Gasteiger charge is 2.12. The van der Waals surface area contributed by atoms with Gasteiger partial charge in [0.15, 0.2) is 0 Å². The Balaban J connectivity index is 1.98. The van der Waals surface area contributed by atoms with Gasteiger partial charge in [0.2, 0.25) is 0 Å². The largest absolute Gasteiger partial charge is 0.384 e. The van der Waals surface area contributed by atoms with Gasteiger partial charge in [-0.25, -0.2) is 0 Å². The predicted octanol–water partition coefficient (Wildman–Crippen LogP) is 4.04. The maximum absolute atomic E-state index is 11.5. The van der Waals surface area contributed by atoms with Gasteiger partial charge in [-0.3, -0.25) is 4.79 Å². The number of amides is 1. The molecule has 110 valence electrons. The third-order valence-electron chi connectivity index (χ3n) is 3.52. The lowest BCUT2D eigenvalue weighted by Gasteiger charge is -2.15. The molecule has 0 aliphatic carbocycles. The zero-order valence-corrected chi connectivity index (χ0v) is 12.7. The van der Waals surface area contributed by atoms with Gasteiger partial charge in [0.05, 0.1) is 10.6 Å². The first-order valence-electron chi connectivity index (χ1n) is 6.96. The predicted molar refractivity (Wildman–Crippen MR) is 87.9 cm³/mol. The first-order chi connectivity index (χ1) is 10.1. The Labute approximate surface area is 130 Å². The fourth-order valence-corrected chi connectivity index (χ4v) is 2.56. The molecular weight excluding hydrogens is 284 g/mol. The molecule has 2 aromatic carbocycles. The van der Waals surface area contributed by atoms with Crippen LogP contribution in [0.25, 0.3) is 0 Å². The summed E-state index contributed by atoms with van der Waals surface area (Å²) >= 11 is 6.02. The lowest BCUT2D eigenvalue weighted by Crippen LogP contribution is -2.16. The van der Waals surface area contributed by atoms with Crippen LogP contribution < -0.4 is 11.1 Å². The Kier molecular flexibility index (Phi) is 5.23. The Morgan fingerprint density at radius 3 is 2.57 bits per heavy atom. The van der Waals surface area contributed by atoms with E-state index in [1.54, 1.807) is 12.1 Å². The molecule has 0 saturated heterocycles. The molecule has 3 N–H and O–H groups in total. The fraction of sp³-hybridized carbons (Fsp3) is 0.235. The first-order valence-corrected chi connectivity index (χ1v) is 7.34. The minimum absolute atomic E-state index is 0.353. The highest BCUT2D eigenvalue weighted by atomic mass is 35.5. The summed E-state index contributed by atoms with van der Waals surface area (Å²) in [7, 11) is 0.